The van der Waals surface area contributed by atoms with E-state index in [0.29, 0.717) is 5.92 Å². The van der Waals surface area contributed by atoms with Crippen LogP contribution in [0.1, 0.15) is 26.7 Å². The molecule has 0 heterocycles. The van der Waals surface area contributed by atoms with Crippen molar-refractivity contribution in [3.8, 4) is 0 Å². The van der Waals surface area contributed by atoms with E-state index in [0.717, 1.165) is 5.92 Å². The maximum Gasteiger partial charge on any atom is -0.0167 e. The zero-order chi connectivity index (χ0) is 9.14. The number of allylic oxidation sites excluding steroid dienone is 4. The van der Waals surface area contributed by atoms with Crippen LogP contribution in [0.4, 0.5) is 0 Å². The summed E-state index contributed by atoms with van der Waals surface area (Å²) in [4.78, 5) is 0. The molecule has 0 saturated heterocycles. The molecule has 0 aromatic carbocycles. The third-order valence-corrected chi connectivity index (χ3v) is 2.36. The zero-order valence-corrected chi connectivity index (χ0v) is 8.14. The molecule has 1 aliphatic carbocycles. The van der Waals surface area contributed by atoms with E-state index in [4.69, 9.17) is 0 Å². The van der Waals surface area contributed by atoms with Gasteiger partial charge in [0.25, 0.3) is 0 Å². The van der Waals surface area contributed by atoms with Crippen molar-refractivity contribution < 1.29 is 0 Å². The molecule has 0 aromatic rings. The summed E-state index contributed by atoms with van der Waals surface area (Å²) in [7, 11) is 0. The lowest BCUT2D eigenvalue weighted by Crippen LogP contribution is -1.91. The molecular weight excluding hydrogens is 144 g/mol. The molecule has 0 atom stereocenters. The van der Waals surface area contributed by atoms with E-state index in [-0.39, 0.29) is 0 Å². The Morgan fingerprint density at radius 2 is 2.00 bits per heavy atom. The second-order valence-corrected chi connectivity index (χ2v) is 3.85. The molecule has 0 spiro atoms. The summed E-state index contributed by atoms with van der Waals surface area (Å²) < 4.78 is 0. The van der Waals surface area contributed by atoms with Crippen LogP contribution in [0.2, 0.25) is 0 Å². The van der Waals surface area contributed by atoms with Crippen LogP contribution in [0.5, 0.6) is 0 Å². The van der Waals surface area contributed by atoms with E-state index in [2.05, 4.69) is 33.1 Å². The van der Waals surface area contributed by atoms with Gasteiger partial charge in [0.2, 0.25) is 0 Å². The van der Waals surface area contributed by atoms with Gasteiger partial charge in [0.1, 0.15) is 0 Å². The van der Waals surface area contributed by atoms with Gasteiger partial charge in [-0.1, -0.05) is 44.7 Å². The number of hydrogen-bond acceptors (Lipinski definition) is 0. The molecular formula is C12H18. The van der Waals surface area contributed by atoms with Gasteiger partial charge in [-0.15, -0.1) is 0 Å². The maximum absolute atomic E-state index is 4.06. The number of hydrogen-bond donors (Lipinski definition) is 0. The van der Waals surface area contributed by atoms with Crippen molar-refractivity contribution in [1.82, 2.24) is 0 Å². The van der Waals surface area contributed by atoms with E-state index >= 15 is 0 Å². The van der Waals surface area contributed by atoms with Gasteiger partial charge in [0.15, 0.2) is 0 Å². The van der Waals surface area contributed by atoms with Gasteiger partial charge in [-0.2, -0.15) is 0 Å². The minimum Gasteiger partial charge on any atom is -0.0988 e. The smallest absolute Gasteiger partial charge is 0.0167 e. The quantitative estimate of drug-likeness (QED) is 0.553. The Morgan fingerprint density at radius 1 is 1.42 bits per heavy atom. The molecule has 1 fully saturated rings. The lowest BCUT2D eigenvalue weighted by molar-refractivity contribution is 0.789. The lowest BCUT2D eigenvalue weighted by atomic mass is 9.99. The first-order valence-electron chi connectivity index (χ1n) is 4.68. The van der Waals surface area contributed by atoms with Crippen molar-refractivity contribution in [1.29, 1.82) is 0 Å². The molecule has 1 saturated carbocycles. The predicted octanol–water partition coefficient (Wildman–Crippen LogP) is 3.72. The Kier molecular flexibility index (Phi) is 2.91. The normalized spacial score (nSPS) is 18.1. The first-order chi connectivity index (χ1) is 5.65. The molecule has 0 unspecified atom stereocenters. The molecule has 0 amide bonds. The average molecular weight is 162 g/mol. The fraction of sp³-hybridized carbons (Fsp3) is 0.500. The average Bonchev–Trinajstić information content (AvgIpc) is 2.80. The summed E-state index contributed by atoms with van der Waals surface area (Å²) >= 11 is 0. The van der Waals surface area contributed by atoms with Gasteiger partial charge >= 0.3 is 0 Å². The zero-order valence-electron chi connectivity index (χ0n) is 8.14. The third-order valence-electron chi connectivity index (χ3n) is 2.36. The SMILES string of the molecule is C=C/C(=C\C(=C)C1CC1)C(C)C. The number of rotatable bonds is 4. The summed E-state index contributed by atoms with van der Waals surface area (Å²) in [6, 6.07) is 0. The van der Waals surface area contributed by atoms with Crippen LogP contribution in [0.15, 0.2) is 36.5 Å². The van der Waals surface area contributed by atoms with Crippen LogP contribution in [-0.4, -0.2) is 0 Å². The molecule has 12 heavy (non-hydrogen) atoms. The maximum atomic E-state index is 4.06. The fourth-order valence-corrected chi connectivity index (χ4v) is 1.25. The first kappa shape index (κ1) is 9.31. The molecule has 1 aliphatic rings. The molecule has 0 heteroatoms. The van der Waals surface area contributed by atoms with E-state index in [1.807, 2.05) is 6.08 Å². The highest BCUT2D eigenvalue weighted by Gasteiger charge is 2.23. The lowest BCUT2D eigenvalue weighted by Gasteiger charge is -2.06. The summed E-state index contributed by atoms with van der Waals surface area (Å²) in [5.41, 5.74) is 2.60. The highest BCUT2D eigenvalue weighted by molar-refractivity contribution is 5.31. The van der Waals surface area contributed by atoms with Crippen LogP contribution in [0, 0.1) is 11.8 Å². The first-order valence-corrected chi connectivity index (χ1v) is 4.68. The van der Waals surface area contributed by atoms with Crippen molar-refractivity contribution in [3.05, 3.63) is 36.5 Å². The van der Waals surface area contributed by atoms with E-state index in [1.54, 1.807) is 0 Å². The predicted molar refractivity (Wildman–Crippen MR) is 55.0 cm³/mol. The van der Waals surface area contributed by atoms with Crippen molar-refractivity contribution in [2.45, 2.75) is 26.7 Å². The third kappa shape index (κ3) is 2.37. The molecule has 0 bridgehead atoms. The highest BCUT2D eigenvalue weighted by Crippen LogP contribution is 2.36. The Bertz CT molecular complexity index is 214. The van der Waals surface area contributed by atoms with Gasteiger partial charge in [-0.25, -0.2) is 0 Å². The summed E-state index contributed by atoms with van der Waals surface area (Å²) in [5, 5.41) is 0. The molecule has 1 rings (SSSR count). The standard InChI is InChI=1S/C12H18/c1-5-11(9(2)3)8-10(4)12-6-7-12/h5,8-9,12H,1,4,6-7H2,2-3H3/b11-8+. The molecule has 0 nitrogen and oxygen atoms in total. The summed E-state index contributed by atoms with van der Waals surface area (Å²) in [6.45, 7) is 12.2. The molecule has 66 valence electrons. The fourth-order valence-electron chi connectivity index (χ4n) is 1.25. The topological polar surface area (TPSA) is 0 Å². The van der Waals surface area contributed by atoms with E-state index < -0.39 is 0 Å². The van der Waals surface area contributed by atoms with Crippen LogP contribution < -0.4 is 0 Å². The van der Waals surface area contributed by atoms with Crippen LogP contribution in [-0.2, 0) is 0 Å². The molecule has 0 aliphatic heterocycles. The monoisotopic (exact) mass is 162 g/mol. The van der Waals surface area contributed by atoms with Gasteiger partial charge in [0.05, 0.1) is 0 Å². The van der Waals surface area contributed by atoms with Gasteiger partial charge in [-0.3, -0.25) is 0 Å². The Balaban J connectivity index is 2.61. The van der Waals surface area contributed by atoms with Crippen molar-refractivity contribution >= 4 is 0 Å². The Labute approximate surface area is 75.7 Å². The Hall–Kier alpha value is -0.780. The van der Waals surface area contributed by atoms with Crippen LogP contribution >= 0.6 is 0 Å². The highest BCUT2D eigenvalue weighted by atomic mass is 14.3. The van der Waals surface area contributed by atoms with Crippen molar-refractivity contribution in [3.63, 3.8) is 0 Å². The minimum absolute atomic E-state index is 0.568. The molecule has 0 aromatic heterocycles. The Morgan fingerprint density at radius 3 is 2.33 bits per heavy atom. The second-order valence-electron chi connectivity index (χ2n) is 3.85. The van der Waals surface area contributed by atoms with Crippen molar-refractivity contribution in [2.24, 2.45) is 11.8 Å². The van der Waals surface area contributed by atoms with Gasteiger partial charge in [0, 0.05) is 0 Å². The summed E-state index contributed by atoms with van der Waals surface area (Å²) in [5.74, 6) is 1.34. The molecule has 0 N–H and O–H groups in total. The van der Waals surface area contributed by atoms with E-state index in [9.17, 15) is 0 Å². The second kappa shape index (κ2) is 3.75. The van der Waals surface area contributed by atoms with Gasteiger partial charge in [-0.05, 0) is 30.3 Å². The van der Waals surface area contributed by atoms with Crippen LogP contribution in [0.25, 0.3) is 0 Å². The molecule has 0 radical (unpaired) electrons. The van der Waals surface area contributed by atoms with E-state index in [1.165, 1.54) is 24.0 Å². The van der Waals surface area contributed by atoms with Gasteiger partial charge < -0.3 is 0 Å². The largest absolute Gasteiger partial charge is 0.0988 e. The minimum atomic E-state index is 0.568. The van der Waals surface area contributed by atoms with Crippen molar-refractivity contribution in [2.75, 3.05) is 0 Å². The summed E-state index contributed by atoms with van der Waals surface area (Å²) in [6.07, 6.45) is 6.81. The van der Waals surface area contributed by atoms with Crippen LogP contribution in [0.3, 0.4) is 0 Å².